The Morgan fingerprint density at radius 2 is 0.714 bits per heavy atom. The quantitative estimate of drug-likeness (QED) is 0.200. The highest BCUT2D eigenvalue weighted by Gasteiger charge is 2.14. The van der Waals surface area contributed by atoms with E-state index in [-0.39, 0.29) is 0 Å². The zero-order valence-corrected chi connectivity index (χ0v) is 24.2. The van der Waals surface area contributed by atoms with Crippen molar-refractivity contribution in [1.82, 2.24) is 9.13 Å². The van der Waals surface area contributed by atoms with Crippen molar-refractivity contribution >= 4 is 72.1 Å². The fraction of sp³-hybridized carbons (Fsp3) is 0. The molecule has 0 bridgehead atoms. The molecule has 0 spiro atoms. The highest BCUT2D eigenvalue weighted by atomic mass is 79.9. The Balaban J connectivity index is 0.000000138. The number of nitrogens with zero attached hydrogens (tertiary/aromatic N) is 2. The van der Waals surface area contributed by atoms with Gasteiger partial charge >= 0.3 is 7.12 Å². The molecule has 8 aromatic rings. The van der Waals surface area contributed by atoms with Crippen LogP contribution >= 0.6 is 15.9 Å². The lowest BCUT2D eigenvalue weighted by atomic mass is 9.80. The first-order chi connectivity index (χ1) is 20.6. The molecule has 0 radical (unpaired) electrons. The lowest BCUT2D eigenvalue weighted by Gasteiger charge is -2.08. The smallest absolute Gasteiger partial charge is 0.423 e. The Morgan fingerprint density at radius 1 is 0.405 bits per heavy atom. The number of rotatable bonds is 3. The largest absolute Gasteiger partial charge is 0.488 e. The van der Waals surface area contributed by atoms with Gasteiger partial charge in [-0.25, -0.2) is 0 Å². The number of fused-ring (bicyclic) bond motifs is 6. The molecule has 0 aliphatic rings. The maximum atomic E-state index is 9.24. The van der Waals surface area contributed by atoms with Gasteiger partial charge in [-0.2, -0.15) is 0 Å². The van der Waals surface area contributed by atoms with Crippen LogP contribution in [0.3, 0.4) is 0 Å². The summed E-state index contributed by atoms with van der Waals surface area (Å²) in [7, 11) is -1.44. The SMILES string of the molecule is Brc1ccc(-n2c3ccccc3c3ccccc32)cc1.OB(O)c1ccc(-n2c3ccccc3c3ccccc32)cc1. The van der Waals surface area contributed by atoms with E-state index < -0.39 is 7.12 Å². The van der Waals surface area contributed by atoms with Gasteiger partial charge in [0, 0.05) is 37.4 Å². The lowest BCUT2D eigenvalue weighted by molar-refractivity contribution is 0.426. The average Bonchev–Trinajstić information content (AvgIpc) is 3.55. The van der Waals surface area contributed by atoms with Crippen molar-refractivity contribution in [2.24, 2.45) is 0 Å². The molecule has 6 aromatic carbocycles. The number of aromatic nitrogens is 2. The van der Waals surface area contributed by atoms with Gasteiger partial charge in [-0.05, 0) is 66.1 Å². The fourth-order valence-electron chi connectivity index (χ4n) is 5.79. The van der Waals surface area contributed by atoms with Gasteiger partial charge in [-0.1, -0.05) is 101 Å². The van der Waals surface area contributed by atoms with E-state index in [1.165, 1.54) is 38.3 Å². The van der Waals surface area contributed by atoms with Crippen molar-refractivity contribution in [3.8, 4) is 11.4 Å². The highest BCUT2D eigenvalue weighted by molar-refractivity contribution is 9.10. The van der Waals surface area contributed by atoms with Crippen molar-refractivity contribution in [3.05, 3.63) is 150 Å². The van der Waals surface area contributed by atoms with Crippen LogP contribution in [0.25, 0.3) is 55.0 Å². The number of hydrogen-bond acceptors (Lipinski definition) is 2. The molecule has 2 aromatic heterocycles. The molecule has 42 heavy (non-hydrogen) atoms. The Kier molecular flexibility index (Phi) is 6.88. The number of halogens is 1. The second kappa shape index (κ2) is 11.0. The van der Waals surface area contributed by atoms with Crippen LogP contribution in [0.2, 0.25) is 0 Å². The standard InChI is InChI=1S/C18H14BNO2.C18H12BrN/c21-19(22)13-9-11-14(12-10-13)20-17-7-3-1-5-15(17)16-6-2-4-8-18(16)20;19-13-9-11-14(12-10-13)20-17-7-3-1-5-15(17)16-6-2-4-8-18(16)20/h1-12,21-22H;1-12H. The third-order valence-electron chi connectivity index (χ3n) is 7.69. The predicted octanol–water partition coefficient (Wildman–Crippen LogP) is 8.01. The van der Waals surface area contributed by atoms with Crippen molar-refractivity contribution < 1.29 is 10.0 Å². The summed E-state index contributed by atoms with van der Waals surface area (Å²) < 4.78 is 5.61. The van der Waals surface area contributed by atoms with Crippen LogP contribution in [-0.2, 0) is 0 Å². The normalized spacial score (nSPS) is 11.2. The molecule has 202 valence electrons. The summed E-state index contributed by atoms with van der Waals surface area (Å²) in [6.07, 6.45) is 0. The molecule has 6 heteroatoms. The van der Waals surface area contributed by atoms with Crippen LogP contribution < -0.4 is 5.46 Å². The van der Waals surface area contributed by atoms with E-state index >= 15 is 0 Å². The van der Waals surface area contributed by atoms with Crippen LogP contribution in [0, 0.1) is 0 Å². The van der Waals surface area contributed by atoms with Crippen molar-refractivity contribution in [2.75, 3.05) is 0 Å². The monoisotopic (exact) mass is 608 g/mol. The molecule has 0 saturated carbocycles. The van der Waals surface area contributed by atoms with Gasteiger partial charge in [0.15, 0.2) is 0 Å². The third-order valence-corrected chi connectivity index (χ3v) is 8.22. The van der Waals surface area contributed by atoms with Crippen LogP contribution in [0.5, 0.6) is 0 Å². The summed E-state index contributed by atoms with van der Waals surface area (Å²) in [5.41, 5.74) is 7.45. The molecule has 2 N–H and O–H groups in total. The summed E-state index contributed by atoms with van der Waals surface area (Å²) in [5, 5.41) is 23.5. The summed E-state index contributed by atoms with van der Waals surface area (Å²) in [4.78, 5) is 0. The molecule has 2 heterocycles. The Bertz CT molecular complexity index is 2080. The summed E-state index contributed by atoms with van der Waals surface area (Å²) >= 11 is 3.50. The van der Waals surface area contributed by atoms with E-state index in [0.717, 1.165) is 21.2 Å². The third kappa shape index (κ3) is 4.60. The first-order valence-corrected chi connectivity index (χ1v) is 14.6. The van der Waals surface area contributed by atoms with Gasteiger partial charge in [0.1, 0.15) is 0 Å². The minimum absolute atomic E-state index is 0.490. The number of hydrogen-bond donors (Lipinski definition) is 2. The van der Waals surface area contributed by atoms with E-state index in [9.17, 15) is 10.0 Å². The molecule has 0 atom stereocenters. The van der Waals surface area contributed by atoms with Gasteiger partial charge in [-0.15, -0.1) is 0 Å². The molecular weight excluding hydrogens is 583 g/mol. The minimum Gasteiger partial charge on any atom is -0.423 e. The molecule has 0 aliphatic carbocycles. The summed E-state index contributed by atoms with van der Waals surface area (Å²) in [5.74, 6) is 0. The first-order valence-electron chi connectivity index (χ1n) is 13.8. The van der Waals surface area contributed by atoms with Crippen molar-refractivity contribution in [3.63, 3.8) is 0 Å². The average molecular weight is 609 g/mol. The van der Waals surface area contributed by atoms with Crippen LogP contribution in [0.15, 0.2) is 150 Å². The lowest BCUT2D eigenvalue weighted by Crippen LogP contribution is -2.29. The first kappa shape index (κ1) is 26.3. The molecule has 0 amide bonds. The zero-order valence-electron chi connectivity index (χ0n) is 22.6. The summed E-state index contributed by atoms with van der Waals surface area (Å²) in [6.45, 7) is 0. The molecule has 0 unspecified atom stereocenters. The maximum absolute atomic E-state index is 9.24. The van der Waals surface area contributed by atoms with E-state index in [0.29, 0.717) is 5.46 Å². The number of benzene rings is 6. The van der Waals surface area contributed by atoms with Gasteiger partial charge in [-0.3, -0.25) is 0 Å². The minimum atomic E-state index is -1.44. The second-order valence-electron chi connectivity index (χ2n) is 10.2. The Morgan fingerprint density at radius 3 is 1.05 bits per heavy atom. The topological polar surface area (TPSA) is 50.3 Å². The van der Waals surface area contributed by atoms with Crippen molar-refractivity contribution in [2.45, 2.75) is 0 Å². The van der Waals surface area contributed by atoms with E-state index in [4.69, 9.17) is 0 Å². The maximum Gasteiger partial charge on any atom is 0.488 e. The highest BCUT2D eigenvalue weighted by Crippen LogP contribution is 2.33. The number of para-hydroxylation sites is 4. The van der Waals surface area contributed by atoms with Gasteiger partial charge in [0.25, 0.3) is 0 Å². The van der Waals surface area contributed by atoms with Crippen LogP contribution in [0.1, 0.15) is 0 Å². The Hall–Kier alpha value is -4.62. The van der Waals surface area contributed by atoms with Gasteiger partial charge < -0.3 is 19.2 Å². The van der Waals surface area contributed by atoms with Gasteiger partial charge in [0.2, 0.25) is 0 Å². The molecule has 0 aliphatic heterocycles. The fourth-order valence-corrected chi connectivity index (χ4v) is 6.05. The van der Waals surface area contributed by atoms with Crippen molar-refractivity contribution in [1.29, 1.82) is 0 Å². The zero-order chi connectivity index (χ0) is 28.6. The molecule has 0 fully saturated rings. The van der Waals surface area contributed by atoms with Crippen LogP contribution in [0.4, 0.5) is 0 Å². The Labute approximate surface area is 252 Å². The molecule has 4 nitrogen and oxygen atoms in total. The predicted molar refractivity (Wildman–Crippen MR) is 179 cm³/mol. The summed E-state index contributed by atoms with van der Waals surface area (Å²) in [6, 6.07) is 49.5. The molecule has 0 saturated heterocycles. The van der Waals surface area contributed by atoms with E-state index in [1.54, 1.807) is 12.1 Å². The van der Waals surface area contributed by atoms with E-state index in [1.807, 2.05) is 36.4 Å². The second-order valence-corrected chi connectivity index (χ2v) is 11.1. The van der Waals surface area contributed by atoms with E-state index in [2.05, 4.69) is 122 Å². The molecule has 8 rings (SSSR count). The molecular formula is C36H26BBrN2O2. The van der Waals surface area contributed by atoms with Crippen LogP contribution in [-0.4, -0.2) is 26.3 Å². The van der Waals surface area contributed by atoms with Gasteiger partial charge in [0.05, 0.1) is 22.1 Å².